The van der Waals surface area contributed by atoms with Gasteiger partial charge in [0.05, 0.1) is 0 Å². The third-order valence-electron chi connectivity index (χ3n) is 2.80. The molecule has 2 rings (SSSR count). The lowest BCUT2D eigenvalue weighted by Gasteiger charge is -2.40. The predicted molar refractivity (Wildman–Crippen MR) is 65.7 cm³/mol. The Hall–Kier alpha value is -0.950. The van der Waals surface area contributed by atoms with Crippen LogP contribution >= 0.6 is 15.9 Å². The second-order valence-corrected chi connectivity index (χ2v) is 5.30. The van der Waals surface area contributed by atoms with Gasteiger partial charge in [0.2, 0.25) is 0 Å². The van der Waals surface area contributed by atoms with Crippen LogP contribution in [-0.2, 0) is 4.74 Å². The lowest BCUT2D eigenvalue weighted by Crippen LogP contribution is -2.51. The number of halogens is 4. The highest BCUT2D eigenvalue weighted by molar-refractivity contribution is 9.09. The van der Waals surface area contributed by atoms with Crippen LogP contribution in [0.3, 0.4) is 0 Å². The maximum absolute atomic E-state index is 12.0. The summed E-state index contributed by atoms with van der Waals surface area (Å²) in [5.74, 6) is 0.219. The first-order chi connectivity index (χ1) is 8.89. The molecule has 0 bridgehead atoms. The van der Waals surface area contributed by atoms with Crippen molar-refractivity contribution in [3.8, 4) is 11.5 Å². The molecule has 0 amide bonds. The van der Waals surface area contributed by atoms with Gasteiger partial charge in [0.15, 0.2) is 0 Å². The van der Waals surface area contributed by atoms with Crippen LogP contribution < -0.4 is 9.47 Å². The minimum absolute atomic E-state index is 0.0499. The summed E-state index contributed by atoms with van der Waals surface area (Å²) >= 11 is 3.44. The van der Waals surface area contributed by atoms with Gasteiger partial charge in [-0.1, -0.05) is 15.9 Å². The summed E-state index contributed by atoms with van der Waals surface area (Å²) in [7, 11) is 1.59. The van der Waals surface area contributed by atoms with Crippen LogP contribution in [0.25, 0.3) is 0 Å². The largest absolute Gasteiger partial charge is 0.573 e. The van der Waals surface area contributed by atoms with Crippen molar-refractivity contribution in [2.45, 2.75) is 29.8 Å². The number of alkyl halides is 4. The second-order valence-electron chi connectivity index (χ2n) is 4.13. The van der Waals surface area contributed by atoms with Crippen LogP contribution in [0.2, 0.25) is 0 Å². The van der Waals surface area contributed by atoms with Gasteiger partial charge < -0.3 is 14.2 Å². The van der Waals surface area contributed by atoms with E-state index in [1.165, 1.54) is 24.3 Å². The average Bonchev–Trinajstić information content (AvgIpc) is 2.29. The monoisotopic (exact) mass is 340 g/mol. The van der Waals surface area contributed by atoms with E-state index in [1.807, 2.05) is 0 Å². The van der Waals surface area contributed by atoms with E-state index >= 15 is 0 Å². The fraction of sp³-hybridized carbons (Fsp3) is 0.500. The molecule has 19 heavy (non-hydrogen) atoms. The van der Waals surface area contributed by atoms with Crippen LogP contribution in [0.1, 0.15) is 6.42 Å². The SMILES string of the molecule is COC1C(Br)CC1Oc1ccc(OC(F)(F)F)cc1. The molecule has 1 aromatic rings. The fourth-order valence-corrected chi connectivity index (χ4v) is 2.76. The zero-order chi connectivity index (χ0) is 14.0. The maximum Gasteiger partial charge on any atom is 0.573 e. The minimum atomic E-state index is -4.68. The van der Waals surface area contributed by atoms with E-state index in [1.54, 1.807) is 7.11 Å². The zero-order valence-corrected chi connectivity index (χ0v) is 11.6. The van der Waals surface area contributed by atoms with Gasteiger partial charge in [0, 0.05) is 18.4 Å². The molecule has 3 atom stereocenters. The van der Waals surface area contributed by atoms with Crippen molar-refractivity contribution in [1.82, 2.24) is 0 Å². The number of hydrogen-bond donors (Lipinski definition) is 0. The van der Waals surface area contributed by atoms with Gasteiger partial charge in [0.25, 0.3) is 0 Å². The van der Waals surface area contributed by atoms with E-state index in [4.69, 9.17) is 9.47 Å². The quantitative estimate of drug-likeness (QED) is 0.785. The molecule has 0 spiro atoms. The van der Waals surface area contributed by atoms with Gasteiger partial charge >= 0.3 is 6.36 Å². The molecule has 1 saturated carbocycles. The molecule has 0 aliphatic heterocycles. The van der Waals surface area contributed by atoms with Gasteiger partial charge in [-0.25, -0.2) is 0 Å². The standard InChI is InChI=1S/C12H12BrF3O3/c1-17-11-9(13)6-10(11)18-7-2-4-8(5-3-7)19-12(14,15)16/h2-5,9-11H,6H2,1H3. The van der Waals surface area contributed by atoms with Crippen LogP contribution in [0.4, 0.5) is 13.2 Å². The number of benzene rings is 1. The van der Waals surface area contributed by atoms with E-state index in [-0.39, 0.29) is 22.8 Å². The highest BCUT2D eigenvalue weighted by Gasteiger charge is 2.41. The minimum Gasteiger partial charge on any atom is -0.488 e. The molecule has 3 nitrogen and oxygen atoms in total. The van der Waals surface area contributed by atoms with Crippen molar-refractivity contribution in [2.75, 3.05) is 7.11 Å². The van der Waals surface area contributed by atoms with E-state index < -0.39 is 6.36 Å². The molecule has 0 aromatic heterocycles. The summed E-state index contributed by atoms with van der Waals surface area (Å²) in [6.45, 7) is 0. The first-order valence-corrected chi connectivity index (χ1v) is 6.50. The molecule has 1 fully saturated rings. The molecule has 0 heterocycles. The third-order valence-corrected chi connectivity index (χ3v) is 3.69. The van der Waals surface area contributed by atoms with Crippen LogP contribution in [0, 0.1) is 0 Å². The number of ether oxygens (including phenoxy) is 3. The Kier molecular flexibility index (Phi) is 4.25. The second kappa shape index (κ2) is 5.58. The van der Waals surface area contributed by atoms with E-state index in [0.717, 1.165) is 6.42 Å². The van der Waals surface area contributed by atoms with Crippen molar-refractivity contribution < 1.29 is 27.4 Å². The van der Waals surface area contributed by atoms with Gasteiger partial charge in [-0.3, -0.25) is 0 Å². The zero-order valence-electron chi connectivity index (χ0n) is 9.99. The molecule has 0 radical (unpaired) electrons. The Morgan fingerprint density at radius 1 is 1.16 bits per heavy atom. The maximum atomic E-state index is 12.0. The Bertz CT molecular complexity index is 421. The Labute approximate surface area is 116 Å². The van der Waals surface area contributed by atoms with E-state index in [2.05, 4.69) is 20.7 Å². The van der Waals surface area contributed by atoms with Crippen LogP contribution in [0.5, 0.6) is 11.5 Å². The molecule has 1 aliphatic carbocycles. The lowest BCUT2D eigenvalue weighted by atomic mass is 9.91. The molecule has 1 aromatic carbocycles. The van der Waals surface area contributed by atoms with Crippen molar-refractivity contribution in [2.24, 2.45) is 0 Å². The van der Waals surface area contributed by atoms with Crippen molar-refractivity contribution >= 4 is 15.9 Å². The summed E-state index contributed by atoms with van der Waals surface area (Å²) in [6, 6.07) is 5.31. The summed E-state index contributed by atoms with van der Waals surface area (Å²) in [6.07, 6.45) is -4.03. The first-order valence-electron chi connectivity index (χ1n) is 5.58. The molecule has 0 saturated heterocycles. The smallest absolute Gasteiger partial charge is 0.488 e. The Morgan fingerprint density at radius 3 is 2.21 bits per heavy atom. The van der Waals surface area contributed by atoms with Crippen molar-refractivity contribution in [1.29, 1.82) is 0 Å². The average molecular weight is 341 g/mol. The van der Waals surface area contributed by atoms with E-state index in [0.29, 0.717) is 5.75 Å². The summed E-state index contributed by atoms with van der Waals surface area (Å²) < 4.78 is 50.6. The molecule has 106 valence electrons. The first kappa shape index (κ1) is 14.5. The normalized spacial score (nSPS) is 26.7. The summed E-state index contributed by atoms with van der Waals surface area (Å²) in [4.78, 5) is 0.246. The lowest BCUT2D eigenvalue weighted by molar-refractivity contribution is -0.274. The van der Waals surface area contributed by atoms with Gasteiger partial charge in [-0.15, -0.1) is 13.2 Å². The third kappa shape index (κ3) is 3.76. The molecule has 7 heteroatoms. The molecular weight excluding hydrogens is 329 g/mol. The van der Waals surface area contributed by atoms with Gasteiger partial charge in [-0.05, 0) is 24.3 Å². The van der Waals surface area contributed by atoms with E-state index in [9.17, 15) is 13.2 Å². The van der Waals surface area contributed by atoms with Crippen LogP contribution in [0.15, 0.2) is 24.3 Å². The summed E-state index contributed by atoms with van der Waals surface area (Å²) in [5, 5.41) is 0. The Balaban J connectivity index is 1.92. The highest BCUT2D eigenvalue weighted by atomic mass is 79.9. The van der Waals surface area contributed by atoms with Crippen molar-refractivity contribution in [3.63, 3.8) is 0 Å². The highest BCUT2D eigenvalue weighted by Crippen LogP contribution is 2.34. The molecule has 1 aliphatic rings. The Morgan fingerprint density at radius 2 is 1.74 bits per heavy atom. The topological polar surface area (TPSA) is 27.7 Å². The fourth-order valence-electron chi connectivity index (χ4n) is 1.84. The molecular formula is C12H12BrF3O3. The van der Waals surface area contributed by atoms with Gasteiger partial charge in [0.1, 0.15) is 23.7 Å². The predicted octanol–water partition coefficient (Wildman–Crippen LogP) is 3.51. The molecule has 0 N–H and O–H groups in total. The van der Waals surface area contributed by atoms with Crippen LogP contribution in [-0.4, -0.2) is 30.5 Å². The number of rotatable bonds is 4. The number of hydrogen-bond acceptors (Lipinski definition) is 3. The van der Waals surface area contributed by atoms with Crippen molar-refractivity contribution in [3.05, 3.63) is 24.3 Å². The summed E-state index contributed by atoms with van der Waals surface area (Å²) in [5.41, 5.74) is 0. The number of methoxy groups -OCH3 is 1. The molecule has 3 unspecified atom stereocenters. The van der Waals surface area contributed by atoms with Gasteiger partial charge in [-0.2, -0.15) is 0 Å².